The van der Waals surface area contributed by atoms with Crippen molar-refractivity contribution in [3.8, 4) is 0 Å². The summed E-state index contributed by atoms with van der Waals surface area (Å²) in [6.07, 6.45) is 13.0. The summed E-state index contributed by atoms with van der Waals surface area (Å²) in [6.45, 7) is 4.16. The Kier molecular flexibility index (Phi) is 15.5. The topological polar surface area (TPSA) is 9.23 Å². The summed E-state index contributed by atoms with van der Waals surface area (Å²) < 4.78 is 5.59. The first kappa shape index (κ1) is 16.2. The Hall–Kier alpha value is 0.250. The second kappa shape index (κ2) is 15.2. The fourth-order valence-corrected chi connectivity index (χ4v) is 1.93. The van der Waals surface area contributed by atoms with Crippen molar-refractivity contribution in [1.29, 1.82) is 0 Å². The zero-order chi connectivity index (χ0) is 11.9. The van der Waals surface area contributed by atoms with E-state index in [4.69, 9.17) is 16.3 Å². The van der Waals surface area contributed by atoms with Crippen LogP contribution in [-0.2, 0) is 4.74 Å². The van der Waals surface area contributed by atoms with Crippen molar-refractivity contribution in [3.63, 3.8) is 0 Å². The number of alkyl halides is 1. The molecule has 0 atom stereocenters. The zero-order valence-corrected chi connectivity index (χ0v) is 11.7. The number of rotatable bonds is 13. The van der Waals surface area contributed by atoms with Gasteiger partial charge >= 0.3 is 0 Å². The highest BCUT2D eigenvalue weighted by molar-refractivity contribution is 6.17. The number of hydrogen-bond donors (Lipinski definition) is 0. The molecule has 0 fully saturated rings. The molecule has 0 aliphatic rings. The third kappa shape index (κ3) is 14.2. The maximum atomic E-state index is 5.60. The third-order valence-corrected chi connectivity index (χ3v) is 3.08. The van der Waals surface area contributed by atoms with Gasteiger partial charge in [0.2, 0.25) is 0 Å². The maximum absolute atomic E-state index is 5.60. The fraction of sp³-hybridized carbons (Fsp3) is 1.00. The lowest BCUT2D eigenvalue weighted by molar-refractivity contribution is 0.126. The van der Waals surface area contributed by atoms with Crippen LogP contribution >= 0.6 is 11.6 Å². The lowest BCUT2D eigenvalue weighted by Crippen LogP contribution is -1.97. The van der Waals surface area contributed by atoms with Gasteiger partial charge in [0.15, 0.2) is 0 Å². The smallest absolute Gasteiger partial charge is 0.0466 e. The van der Waals surface area contributed by atoms with Gasteiger partial charge in [0.25, 0.3) is 0 Å². The Morgan fingerprint density at radius 2 is 1.19 bits per heavy atom. The summed E-state index contributed by atoms with van der Waals surface area (Å²) in [5.41, 5.74) is 0. The predicted octanol–water partition coefficient (Wildman–Crippen LogP) is 5.16. The zero-order valence-electron chi connectivity index (χ0n) is 11.0. The lowest BCUT2D eigenvalue weighted by atomic mass is 10.1. The molecule has 0 radical (unpaired) electrons. The summed E-state index contributed by atoms with van der Waals surface area (Å²) >= 11 is 5.60. The first-order chi connectivity index (χ1) is 7.91. The quantitative estimate of drug-likeness (QED) is 0.323. The van der Waals surface area contributed by atoms with E-state index < -0.39 is 0 Å². The Morgan fingerprint density at radius 1 is 0.688 bits per heavy atom. The normalized spacial score (nSPS) is 10.9. The van der Waals surface area contributed by atoms with E-state index >= 15 is 0 Å². The molecule has 0 aliphatic heterocycles. The molecule has 0 aromatic rings. The number of hydrogen-bond acceptors (Lipinski definition) is 1. The van der Waals surface area contributed by atoms with Crippen LogP contribution in [0.15, 0.2) is 0 Å². The predicted molar refractivity (Wildman–Crippen MR) is 73.4 cm³/mol. The Bertz CT molecular complexity index is 103. The molecule has 0 saturated heterocycles. The molecule has 1 nitrogen and oxygen atoms in total. The molecule has 0 aromatic heterocycles. The molecular formula is C14H29ClO. The molecule has 16 heavy (non-hydrogen) atoms. The van der Waals surface area contributed by atoms with Gasteiger partial charge in [-0.1, -0.05) is 51.9 Å². The molecule has 0 bridgehead atoms. The summed E-state index contributed by atoms with van der Waals surface area (Å²) in [4.78, 5) is 0. The van der Waals surface area contributed by atoms with Gasteiger partial charge in [-0.25, -0.2) is 0 Å². The van der Waals surface area contributed by atoms with Crippen LogP contribution in [0.25, 0.3) is 0 Å². The van der Waals surface area contributed by atoms with E-state index in [2.05, 4.69) is 6.92 Å². The van der Waals surface area contributed by atoms with Gasteiger partial charge in [0.05, 0.1) is 0 Å². The van der Waals surface area contributed by atoms with Crippen LogP contribution in [0.4, 0.5) is 0 Å². The summed E-state index contributed by atoms with van der Waals surface area (Å²) in [5, 5.41) is 0. The minimum atomic E-state index is 0.804. The average molecular weight is 249 g/mol. The molecule has 98 valence electrons. The van der Waals surface area contributed by atoms with Gasteiger partial charge in [0, 0.05) is 19.1 Å². The van der Waals surface area contributed by atoms with E-state index in [1.807, 2.05) is 0 Å². The van der Waals surface area contributed by atoms with Gasteiger partial charge in [0.1, 0.15) is 0 Å². The number of halogens is 1. The van der Waals surface area contributed by atoms with E-state index in [9.17, 15) is 0 Å². The summed E-state index contributed by atoms with van der Waals surface area (Å²) in [6, 6.07) is 0. The van der Waals surface area contributed by atoms with Gasteiger partial charge < -0.3 is 4.74 Å². The van der Waals surface area contributed by atoms with Crippen LogP contribution in [0, 0.1) is 0 Å². The standard InChI is InChI=1S/C14H29ClO/c1-2-3-4-5-7-10-13-16-14-11-8-6-9-12-15/h2-14H2,1H3. The minimum Gasteiger partial charge on any atom is -0.381 e. The Balaban J connectivity index is 2.83. The summed E-state index contributed by atoms with van der Waals surface area (Å²) in [7, 11) is 0. The first-order valence-corrected chi connectivity index (χ1v) is 7.59. The van der Waals surface area contributed by atoms with Crippen molar-refractivity contribution < 1.29 is 4.74 Å². The van der Waals surface area contributed by atoms with Gasteiger partial charge in [-0.2, -0.15) is 0 Å². The van der Waals surface area contributed by atoms with Crippen molar-refractivity contribution in [2.75, 3.05) is 19.1 Å². The van der Waals surface area contributed by atoms with E-state index in [0.717, 1.165) is 25.5 Å². The van der Waals surface area contributed by atoms with E-state index in [1.165, 1.54) is 57.8 Å². The molecule has 0 saturated carbocycles. The SMILES string of the molecule is CCCCCCCCOCCCCCCCl. The van der Waals surface area contributed by atoms with Crippen molar-refractivity contribution in [2.45, 2.75) is 71.1 Å². The molecule has 0 spiro atoms. The highest BCUT2D eigenvalue weighted by atomic mass is 35.5. The minimum absolute atomic E-state index is 0.804. The first-order valence-electron chi connectivity index (χ1n) is 7.05. The second-order valence-corrected chi connectivity index (χ2v) is 4.86. The van der Waals surface area contributed by atoms with Gasteiger partial charge in [-0.15, -0.1) is 11.6 Å². The number of unbranched alkanes of at least 4 members (excludes halogenated alkanes) is 8. The van der Waals surface area contributed by atoms with E-state index in [1.54, 1.807) is 0 Å². The molecule has 0 heterocycles. The second-order valence-electron chi connectivity index (χ2n) is 4.48. The molecule has 0 N–H and O–H groups in total. The largest absolute Gasteiger partial charge is 0.381 e. The van der Waals surface area contributed by atoms with Crippen LogP contribution < -0.4 is 0 Å². The monoisotopic (exact) mass is 248 g/mol. The van der Waals surface area contributed by atoms with Crippen LogP contribution in [0.2, 0.25) is 0 Å². The van der Waals surface area contributed by atoms with Crippen LogP contribution in [0.1, 0.15) is 71.1 Å². The third-order valence-electron chi connectivity index (χ3n) is 2.81. The maximum Gasteiger partial charge on any atom is 0.0466 e. The van der Waals surface area contributed by atoms with Crippen molar-refractivity contribution in [3.05, 3.63) is 0 Å². The van der Waals surface area contributed by atoms with Crippen molar-refractivity contribution in [2.24, 2.45) is 0 Å². The van der Waals surface area contributed by atoms with Crippen LogP contribution in [-0.4, -0.2) is 19.1 Å². The molecule has 0 unspecified atom stereocenters. The Morgan fingerprint density at radius 3 is 1.75 bits per heavy atom. The molecule has 0 amide bonds. The van der Waals surface area contributed by atoms with Crippen LogP contribution in [0.3, 0.4) is 0 Å². The van der Waals surface area contributed by atoms with Crippen LogP contribution in [0.5, 0.6) is 0 Å². The molecule has 0 aliphatic carbocycles. The van der Waals surface area contributed by atoms with Gasteiger partial charge in [-0.05, 0) is 19.3 Å². The van der Waals surface area contributed by atoms with Crippen molar-refractivity contribution >= 4 is 11.6 Å². The van der Waals surface area contributed by atoms with E-state index in [0.29, 0.717) is 0 Å². The highest BCUT2D eigenvalue weighted by Gasteiger charge is 1.92. The highest BCUT2D eigenvalue weighted by Crippen LogP contribution is 2.05. The lowest BCUT2D eigenvalue weighted by Gasteiger charge is -2.04. The van der Waals surface area contributed by atoms with E-state index in [-0.39, 0.29) is 0 Å². The van der Waals surface area contributed by atoms with Crippen molar-refractivity contribution in [1.82, 2.24) is 0 Å². The summed E-state index contributed by atoms with van der Waals surface area (Å²) in [5.74, 6) is 0.804. The Labute approximate surface area is 107 Å². The molecule has 0 rings (SSSR count). The molecular weight excluding hydrogens is 220 g/mol. The number of ether oxygens (including phenoxy) is 1. The van der Waals surface area contributed by atoms with Gasteiger partial charge in [-0.3, -0.25) is 0 Å². The average Bonchev–Trinajstić information content (AvgIpc) is 2.31. The fourth-order valence-electron chi connectivity index (χ4n) is 1.74. The molecule has 0 aromatic carbocycles. The molecule has 2 heteroatoms.